The Morgan fingerprint density at radius 3 is 2.13 bits per heavy atom. The number of nitrogens with one attached hydrogen (secondary N) is 2. The zero-order valence-electron chi connectivity index (χ0n) is 10.8. The summed E-state index contributed by atoms with van der Waals surface area (Å²) >= 11 is 0. The van der Waals surface area contributed by atoms with Gasteiger partial charge in [-0.3, -0.25) is 15.5 Å². The Balaban J connectivity index is 2.67. The molecule has 90 valence electrons. The van der Waals surface area contributed by atoms with E-state index < -0.39 is 0 Å². The molecule has 0 saturated heterocycles. The van der Waals surface area contributed by atoms with Gasteiger partial charge in [-0.25, -0.2) is 0 Å². The van der Waals surface area contributed by atoms with Gasteiger partial charge in [0.25, 0.3) is 0 Å². The van der Waals surface area contributed by atoms with E-state index in [0.717, 1.165) is 22.8 Å². The first-order valence-corrected chi connectivity index (χ1v) is 7.32. The highest BCUT2D eigenvalue weighted by atomic mass is 28.1. The molecule has 1 fully saturated rings. The smallest absolute Gasteiger partial charge is 0.0993 e. The van der Waals surface area contributed by atoms with Crippen LogP contribution in [-0.4, -0.2) is 47.2 Å². The van der Waals surface area contributed by atoms with Crippen molar-refractivity contribution in [2.75, 3.05) is 20.6 Å². The van der Waals surface area contributed by atoms with Crippen LogP contribution in [0.15, 0.2) is 0 Å². The maximum Gasteiger partial charge on any atom is 0.0993 e. The Kier molecular flexibility index (Phi) is 5.25. The molecule has 0 spiro atoms. The van der Waals surface area contributed by atoms with Crippen LogP contribution in [0.5, 0.6) is 0 Å². The molecule has 0 radical (unpaired) electrons. The highest BCUT2D eigenvalue weighted by molar-refractivity contribution is 6.14. The molecular weight excluding hydrogens is 202 g/mol. The van der Waals surface area contributed by atoms with Crippen LogP contribution in [0.25, 0.3) is 0 Å². The Labute approximate surface area is 97.4 Å². The van der Waals surface area contributed by atoms with Crippen LogP contribution >= 0.6 is 0 Å². The number of rotatable bonds is 5. The molecule has 2 N–H and O–H groups in total. The highest BCUT2D eigenvalue weighted by Crippen LogP contribution is 2.24. The van der Waals surface area contributed by atoms with Crippen LogP contribution in [0, 0.1) is 0 Å². The summed E-state index contributed by atoms with van der Waals surface area (Å²) in [5, 5.41) is 6.91. The third-order valence-electron chi connectivity index (χ3n) is 3.90. The summed E-state index contributed by atoms with van der Waals surface area (Å²) in [6, 6.07) is 0.779. The largest absolute Gasteiger partial charge is 0.294 e. The summed E-state index contributed by atoms with van der Waals surface area (Å²) in [5.74, 6) is 0. The third-order valence-corrected chi connectivity index (χ3v) is 5.48. The fourth-order valence-corrected chi connectivity index (χ4v) is 3.43. The maximum absolute atomic E-state index is 3.45. The standard InChI is InChI=1S/C11H27N3Si/c1-4-14(11(15,12-2)13-3)10-8-6-5-7-9-10/h10,12-13H,4-9H2,1-3,15H3. The first kappa shape index (κ1) is 13.2. The van der Waals surface area contributed by atoms with E-state index in [2.05, 4.69) is 36.6 Å². The lowest BCUT2D eigenvalue weighted by Gasteiger charge is -2.46. The first-order valence-electron chi connectivity index (χ1n) is 6.32. The molecule has 0 bridgehead atoms. The van der Waals surface area contributed by atoms with E-state index in [1.165, 1.54) is 32.1 Å². The molecule has 0 atom stereocenters. The van der Waals surface area contributed by atoms with Crippen molar-refractivity contribution >= 4 is 10.2 Å². The minimum atomic E-state index is 0.0801. The van der Waals surface area contributed by atoms with Crippen LogP contribution in [-0.2, 0) is 0 Å². The Morgan fingerprint density at radius 2 is 1.73 bits per heavy atom. The summed E-state index contributed by atoms with van der Waals surface area (Å²) in [5.41, 5.74) is 0.0801. The van der Waals surface area contributed by atoms with Crippen LogP contribution in [0.2, 0.25) is 0 Å². The van der Waals surface area contributed by atoms with Gasteiger partial charge in [-0.1, -0.05) is 26.2 Å². The van der Waals surface area contributed by atoms with E-state index in [1.54, 1.807) is 0 Å². The van der Waals surface area contributed by atoms with Gasteiger partial charge >= 0.3 is 0 Å². The van der Waals surface area contributed by atoms with Gasteiger partial charge in [0, 0.05) is 6.04 Å². The van der Waals surface area contributed by atoms with Crippen molar-refractivity contribution in [1.29, 1.82) is 0 Å². The third kappa shape index (κ3) is 3.03. The summed E-state index contributed by atoms with van der Waals surface area (Å²) in [6.07, 6.45) is 7.00. The summed E-state index contributed by atoms with van der Waals surface area (Å²) in [7, 11) is 5.23. The van der Waals surface area contributed by atoms with Crippen molar-refractivity contribution in [3.8, 4) is 0 Å². The molecule has 3 nitrogen and oxygen atoms in total. The minimum absolute atomic E-state index is 0.0801. The Morgan fingerprint density at radius 1 is 1.20 bits per heavy atom. The van der Waals surface area contributed by atoms with Crippen LogP contribution in [0.4, 0.5) is 0 Å². The zero-order chi connectivity index (χ0) is 11.3. The van der Waals surface area contributed by atoms with Crippen molar-refractivity contribution in [2.24, 2.45) is 0 Å². The predicted octanol–water partition coefficient (Wildman–Crippen LogP) is 0.0565. The maximum atomic E-state index is 3.45. The van der Waals surface area contributed by atoms with Crippen molar-refractivity contribution in [2.45, 2.75) is 50.5 Å². The van der Waals surface area contributed by atoms with E-state index >= 15 is 0 Å². The van der Waals surface area contributed by atoms with E-state index in [9.17, 15) is 0 Å². The zero-order valence-corrected chi connectivity index (χ0v) is 12.8. The number of hydrogen-bond donors (Lipinski definition) is 2. The molecule has 0 aromatic carbocycles. The van der Waals surface area contributed by atoms with Gasteiger partial charge in [0.15, 0.2) is 0 Å². The quantitative estimate of drug-likeness (QED) is 0.516. The summed E-state index contributed by atoms with van der Waals surface area (Å²) in [6.45, 7) is 3.41. The van der Waals surface area contributed by atoms with E-state index in [0.29, 0.717) is 0 Å². The fourth-order valence-electron chi connectivity index (χ4n) is 2.74. The first-order chi connectivity index (χ1) is 7.18. The molecule has 15 heavy (non-hydrogen) atoms. The predicted molar refractivity (Wildman–Crippen MR) is 70.0 cm³/mol. The summed E-state index contributed by atoms with van der Waals surface area (Å²) in [4.78, 5) is 2.62. The second kappa shape index (κ2) is 5.99. The van der Waals surface area contributed by atoms with E-state index in [1.807, 2.05) is 0 Å². The lowest BCUT2D eigenvalue weighted by atomic mass is 9.94. The molecule has 0 aromatic rings. The Hall–Kier alpha value is 0.0969. The molecule has 1 aliphatic carbocycles. The summed E-state index contributed by atoms with van der Waals surface area (Å²) < 4.78 is 0. The lowest BCUT2D eigenvalue weighted by molar-refractivity contribution is 0.0493. The molecule has 0 aliphatic heterocycles. The van der Waals surface area contributed by atoms with Crippen molar-refractivity contribution in [3.05, 3.63) is 0 Å². The molecule has 0 unspecified atom stereocenters. The van der Waals surface area contributed by atoms with Gasteiger partial charge in [-0.2, -0.15) is 0 Å². The molecule has 0 heterocycles. The van der Waals surface area contributed by atoms with Gasteiger partial charge in [0.2, 0.25) is 0 Å². The fraction of sp³-hybridized carbons (Fsp3) is 1.00. The van der Waals surface area contributed by atoms with E-state index in [-0.39, 0.29) is 5.41 Å². The second-order valence-corrected chi connectivity index (χ2v) is 6.10. The van der Waals surface area contributed by atoms with E-state index in [4.69, 9.17) is 0 Å². The average molecular weight is 229 g/mol. The van der Waals surface area contributed by atoms with Crippen molar-refractivity contribution in [1.82, 2.24) is 15.5 Å². The van der Waals surface area contributed by atoms with Crippen LogP contribution in [0.3, 0.4) is 0 Å². The van der Waals surface area contributed by atoms with Gasteiger partial charge in [-0.15, -0.1) is 0 Å². The molecule has 4 heteroatoms. The normalized spacial score (nSPS) is 20.0. The lowest BCUT2D eigenvalue weighted by Crippen LogP contribution is -2.69. The van der Waals surface area contributed by atoms with Crippen LogP contribution in [0.1, 0.15) is 39.0 Å². The minimum Gasteiger partial charge on any atom is -0.294 e. The second-order valence-electron chi connectivity index (χ2n) is 4.65. The molecule has 0 amide bonds. The van der Waals surface area contributed by atoms with Crippen molar-refractivity contribution < 1.29 is 0 Å². The Bertz CT molecular complexity index is 177. The number of hydrogen-bond acceptors (Lipinski definition) is 3. The number of nitrogens with zero attached hydrogens (tertiary/aromatic N) is 1. The monoisotopic (exact) mass is 229 g/mol. The molecule has 1 saturated carbocycles. The van der Waals surface area contributed by atoms with Crippen molar-refractivity contribution in [3.63, 3.8) is 0 Å². The highest BCUT2D eigenvalue weighted by Gasteiger charge is 2.32. The topological polar surface area (TPSA) is 27.3 Å². The molecule has 1 rings (SSSR count). The average Bonchev–Trinajstić information content (AvgIpc) is 2.31. The molecule has 1 aliphatic rings. The van der Waals surface area contributed by atoms with Gasteiger partial charge < -0.3 is 0 Å². The van der Waals surface area contributed by atoms with Crippen LogP contribution < -0.4 is 10.6 Å². The van der Waals surface area contributed by atoms with Gasteiger partial charge in [0.1, 0.15) is 0 Å². The van der Waals surface area contributed by atoms with Gasteiger partial charge in [0.05, 0.1) is 15.7 Å². The molecular formula is C11H27N3Si. The SMILES string of the molecule is CCN(C1CCCCC1)C([SiH3])(NC)NC. The van der Waals surface area contributed by atoms with Gasteiger partial charge in [-0.05, 0) is 33.5 Å². The molecule has 0 aromatic heterocycles.